The molecular formula is C14H24N4O2. The van der Waals surface area contributed by atoms with Gasteiger partial charge in [-0.25, -0.2) is 4.98 Å². The highest BCUT2D eigenvalue weighted by atomic mass is 16.2. The second kappa shape index (κ2) is 7.19. The van der Waals surface area contributed by atoms with Gasteiger partial charge in [0.05, 0.1) is 12.1 Å². The van der Waals surface area contributed by atoms with Crippen LogP contribution in [0, 0.1) is 13.8 Å². The van der Waals surface area contributed by atoms with Crippen molar-refractivity contribution in [1.82, 2.24) is 20.2 Å². The van der Waals surface area contributed by atoms with Gasteiger partial charge in [0.1, 0.15) is 5.82 Å². The molecule has 0 radical (unpaired) electrons. The quantitative estimate of drug-likeness (QED) is 0.812. The average molecular weight is 280 g/mol. The molecule has 0 saturated carbocycles. The number of aromatic nitrogens is 2. The largest absolute Gasteiger partial charge is 0.342 e. The summed E-state index contributed by atoms with van der Waals surface area (Å²) in [6.07, 6.45) is 0. The van der Waals surface area contributed by atoms with E-state index in [9.17, 15) is 9.59 Å². The third kappa shape index (κ3) is 3.90. The zero-order valence-corrected chi connectivity index (χ0v) is 12.9. The van der Waals surface area contributed by atoms with Gasteiger partial charge in [0.15, 0.2) is 0 Å². The normalized spacial score (nSPS) is 12.2. The fourth-order valence-corrected chi connectivity index (χ4v) is 2.28. The number of amides is 1. The maximum absolute atomic E-state index is 12.0. The van der Waals surface area contributed by atoms with Gasteiger partial charge in [0.25, 0.3) is 5.56 Å². The van der Waals surface area contributed by atoms with Crippen LogP contribution < -0.4 is 10.9 Å². The van der Waals surface area contributed by atoms with Gasteiger partial charge >= 0.3 is 0 Å². The first-order chi connectivity index (χ1) is 9.40. The van der Waals surface area contributed by atoms with E-state index in [4.69, 9.17) is 0 Å². The number of rotatable bonds is 6. The monoisotopic (exact) mass is 280 g/mol. The molecule has 20 heavy (non-hydrogen) atoms. The third-order valence-corrected chi connectivity index (χ3v) is 3.37. The van der Waals surface area contributed by atoms with Crippen molar-refractivity contribution in [2.45, 2.75) is 40.7 Å². The molecule has 112 valence electrons. The van der Waals surface area contributed by atoms with Crippen molar-refractivity contribution in [2.24, 2.45) is 0 Å². The molecule has 1 amide bonds. The van der Waals surface area contributed by atoms with Gasteiger partial charge in [0.2, 0.25) is 5.91 Å². The molecule has 0 bridgehead atoms. The van der Waals surface area contributed by atoms with Gasteiger partial charge in [-0.15, -0.1) is 0 Å². The standard InChI is InChI=1S/C14H24N4O2/c1-6-18(7-2)12(19)8-15-9(3)13-10(4)16-11(5)17-14(13)20/h9,15H,6-8H2,1-5H3,(H,16,17,20). The van der Waals surface area contributed by atoms with E-state index in [1.54, 1.807) is 11.8 Å². The average Bonchev–Trinajstić information content (AvgIpc) is 2.36. The molecule has 0 aliphatic heterocycles. The number of carbonyl (C=O) groups excluding carboxylic acids is 1. The van der Waals surface area contributed by atoms with Gasteiger partial charge in [-0.05, 0) is 34.6 Å². The molecule has 6 nitrogen and oxygen atoms in total. The fraction of sp³-hybridized carbons (Fsp3) is 0.643. The topological polar surface area (TPSA) is 78.1 Å². The highest BCUT2D eigenvalue weighted by Gasteiger charge is 2.16. The van der Waals surface area contributed by atoms with Crippen LogP contribution in [-0.4, -0.2) is 40.4 Å². The number of hydrogen-bond donors (Lipinski definition) is 2. The van der Waals surface area contributed by atoms with Crippen LogP contribution >= 0.6 is 0 Å². The van der Waals surface area contributed by atoms with Crippen LogP contribution in [0.25, 0.3) is 0 Å². The Balaban J connectivity index is 2.76. The van der Waals surface area contributed by atoms with E-state index in [0.717, 1.165) is 0 Å². The zero-order chi connectivity index (χ0) is 15.3. The number of H-pyrrole nitrogens is 1. The number of aryl methyl sites for hydroxylation is 2. The Morgan fingerprint density at radius 3 is 2.45 bits per heavy atom. The predicted molar refractivity (Wildman–Crippen MR) is 78.7 cm³/mol. The summed E-state index contributed by atoms with van der Waals surface area (Å²) in [7, 11) is 0. The number of carbonyl (C=O) groups is 1. The molecule has 0 fully saturated rings. The predicted octanol–water partition coefficient (Wildman–Crippen LogP) is 0.906. The Hall–Kier alpha value is -1.69. The Kier molecular flexibility index (Phi) is 5.88. The Morgan fingerprint density at radius 2 is 1.95 bits per heavy atom. The lowest BCUT2D eigenvalue weighted by molar-refractivity contribution is -0.129. The minimum atomic E-state index is -0.216. The number of likely N-dealkylation sites (N-methyl/N-ethyl adjacent to an activating group) is 1. The van der Waals surface area contributed by atoms with E-state index in [-0.39, 0.29) is 24.1 Å². The van der Waals surface area contributed by atoms with Crippen LogP contribution in [0.3, 0.4) is 0 Å². The molecule has 1 atom stereocenters. The van der Waals surface area contributed by atoms with Gasteiger partial charge in [0, 0.05) is 24.8 Å². The maximum Gasteiger partial charge on any atom is 0.255 e. The molecule has 6 heteroatoms. The van der Waals surface area contributed by atoms with Crippen LogP contribution in [0.5, 0.6) is 0 Å². The first-order valence-corrected chi connectivity index (χ1v) is 6.99. The van der Waals surface area contributed by atoms with Crippen molar-refractivity contribution in [2.75, 3.05) is 19.6 Å². The van der Waals surface area contributed by atoms with Crippen molar-refractivity contribution in [1.29, 1.82) is 0 Å². The fourth-order valence-electron chi connectivity index (χ4n) is 2.28. The minimum absolute atomic E-state index is 0.0380. The van der Waals surface area contributed by atoms with Gasteiger partial charge in [-0.3, -0.25) is 9.59 Å². The van der Waals surface area contributed by atoms with E-state index in [1.807, 2.05) is 27.7 Å². The minimum Gasteiger partial charge on any atom is -0.342 e. The number of nitrogens with zero attached hydrogens (tertiary/aromatic N) is 2. The molecular weight excluding hydrogens is 256 g/mol. The summed E-state index contributed by atoms with van der Waals surface area (Å²) in [6, 6.07) is -0.216. The number of hydrogen-bond acceptors (Lipinski definition) is 4. The number of aromatic amines is 1. The first-order valence-electron chi connectivity index (χ1n) is 6.99. The second-order valence-corrected chi connectivity index (χ2v) is 4.82. The smallest absolute Gasteiger partial charge is 0.255 e. The van der Waals surface area contributed by atoms with Crippen LogP contribution in [0.1, 0.15) is 43.9 Å². The molecule has 0 aromatic carbocycles. The van der Waals surface area contributed by atoms with E-state index in [1.165, 1.54) is 0 Å². The van der Waals surface area contributed by atoms with Crippen LogP contribution in [-0.2, 0) is 4.79 Å². The van der Waals surface area contributed by atoms with Crippen LogP contribution in [0.2, 0.25) is 0 Å². The Labute approximate surface area is 119 Å². The SMILES string of the molecule is CCN(CC)C(=O)CNC(C)c1c(C)nc(C)[nH]c1=O. The van der Waals surface area contributed by atoms with Crippen molar-refractivity contribution >= 4 is 5.91 Å². The molecule has 0 saturated heterocycles. The van der Waals surface area contributed by atoms with E-state index >= 15 is 0 Å². The molecule has 0 aliphatic carbocycles. The molecule has 1 aromatic rings. The van der Waals surface area contributed by atoms with Gasteiger partial charge < -0.3 is 15.2 Å². The zero-order valence-electron chi connectivity index (χ0n) is 12.9. The van der Waals surface area contributed by atoms with Crippen LogP contribution in [0.15, 0.2) is 4.79 Å². The third-order valence-electron chi connectivity index (χ3n) is 3.37. The van der Waals surface area contributed by atoms with Gasteiger partial charge in [-0.2, -0.15) is 0 Å². The lowest BCUT2D eigenvalue weighted by Gasteiger charge is -2.21. The summed E-state index contributed by atoms with van der Waals surface area (Å²) >= 11 is 0. The molecule has 2 N–H and O–H groups in total. The Morgan fingerprint density at radius 1 is 1.35 bits per heavy atom. The lowest BCUT2D eigenvalue weighted by atomic mass is 10.1. The van der Waals surface area contributed by atoms with Crippen molar-refractivity contribution in [3.8, 4) is 0 Å². The maximum atomic E-state index is 12.0. The van der Waals surface area contributed by atoms with E-state index in [0.29, 0.717) is 30.2 Å². The first kappa shape index (κ1) is 16.4. The second-order valence-electron chi connectivity index (χ2n) is 4.82. The van der Waals surface area contributed by atoms with Crippen LogP contribution in [0.4, 0.5) is 0 Å². The summed E-state index contributed by atoms with van der Waals surface area (Å²) in [6.45, 7) is 10.9. The summed E-state index contributed by atoms with van der Waals surface area (Å²) in [5.74, 6) is 0.638. The van der Waals surface area contributed by atoms with Crippen molar-refractivity contribution in [3.05, 3.63) is 27.4 Å². The molecule has 1 heterocycles. The van der Waals surface area contributed by atoms with E-state index in [2.05, 4.69) is 15.3 Å². The lowest BCUT2D eigenvalue weighted by Crippen LogP contribution is -2.39. The number of nitrogens with one attached hydrogen (secondary N) is 2. The van der Waals surface area contributed by atoms with Crippen molar-refractivity contribution in [3.63, 3.8) is 0 Å². The highest BCUT2D eigenvalue weighted by Crippen LogP contribution is 2.10. The summed E-state index contributed by atoms with van der Waals surface area (Å²) in [5, 5.41) is 3.10. The van der Waals surface area contributed by atoms with Gasteiger partial charge in [-0.1, -0.05) is 0 Å². The van der Waals surface area contributed by atoms with Crippen molar-refractivity contribution < 1.29 is 4.79 Å². The Bertz CT molecular complexity index is 520. The molecule has 0 aliphatic rings. The molecule has 0 spiro atoms. The summed E-state index contributed by atoms with van der Waals surface area (Å²) in [5.41, 5.74) is 1.13. The molecule has 1 aromatic heterocycles. The highest BCUT2D eigenvalue weighted by molar-refractivity contribution is 5.78. The molecule has 1 rings (SSSR count). The summed E-state index contributed by atoms with van der Waals surface area (Å²) in [4.78, 5) is 32.6. The summed E-state index contributed by atoms with van der Waals surface area (Å²) < 4.78 is 0. The van der Waals surface area contributed by atoms with E-state index < -0.39 is 0 Å². The molecule has 1 unspecified atom stereocenters.